The van der Waals surface area contributed by atoms with Crippen LogP contribution in [0.2, 0.25) is 0 Å². The molecule has 2 aromatic carbocycles. The van der Waals surface area contributed by atoms with Crippen LogP contribution in [-0.2, 0) is 6.54 Å². The molecule has 2 aromatic rings. The standard InChI is InChI=1S/C30H39FN4O2/c1-21(2)37-27-14-7-9-23(17-27)20-34-16-15-30(19-22(34)3)28(32-25-11-5-4-6-12-25)33-29(36)35(30)26-13-8-10-24(31)18-26/h7-10,13-14,17-18,21-22,25H,4-6,11-12,15-16,19-20H2,1-3H3,(H,32,33,36)/t22-,30+/m0/s1. The molecule has 1 aliphatic carbocycles. The number of hydrogen-bond donors (Lipinski definition) is 1. The molecule has 1 spiro atoms. The van der Waals surface area contributed by atoms with E-state index >= 15 is 0 Å². The zero-order chi connectivity index (χ0) is 26.0. The molecule has 0 unspecified atom stereocenters. The van der Waals surface area contributed by atoms with E-state index in [9.17, 15) is 9.18 Å². The molecule has 2 amide bonds. The van der Waals surface area contributed by atoms with E-state index in [0.29, 0.717) is 5.69 Å². The highest BCUT2D eigenvalue weighted by molar-refractivity contribution is 6.19. The number of urea groups is 1. The van der Waals surface area contributed by atoms with E-state index in [2.05, 4.69) is 29.3 Å². The lowest BCUT2D eigenvalue weighted by molar-refractivity contribution is 0.123. The predicted molar refractivity (Wildman–Crippen MR) is 146 cm³/mol. The number of benzene rings is 2. The summed E-state index contributed by atoms with van der Waals surface area (Å²) in [5.74, 6) is 1.32. The topological polar surface area (TPSA) is 57.2 Å². The van der Waals surface area contributed by atoms with Gasteiger partial charge in [-0.05, 0) is 82.3 Å². The molecular formula is C30H39FN4O2. The predicted octanol–water partition coefficient (Wildman–Crippen LogP) is 6.30. The minimum absolute atomic E-state index is 0.132. The minimum atomic E-state index is -0.596. The number of piperidine rings is 1. The summed E-state index contributed by atoms with van der Waals surface area (Å²) in [7, 11) is 0. The van der Waals surface area contributed by atoms with Crippen LogP contribution in [0.3, 0.4) is 0 Å². The zero-order valence-electron chi connectivity index (χ0n) is 22.3. The molecule has 0 bridgehead atoms. The number of nitrogens with one attached hydrogen (secondary N) is 1. The van der Waals surface area contributed by atoms with Crippen LogP contribution in [0.25, 0.3) is 0 Å². The van der Waals surface area contributed by atoms with Crippen molar-refractivity contribution in [2.24, 2.45) is 4.99 Å². The molecule has 3 fully saturated rings. The number of hydrogen-bond acceptors (Lipinski definition) is 4. The number of amidine groups is 1. The van der Waals surface area contributed by atoms with Gasteiger partial charge < -0.3 is 4.74 Å². The maximum atomic E-state index is 14.3. The van der Waals surface area contributed by atoms with Gasteiger partial charge in [-0.1, -0.05) is 37.5 Å². The van der Waals surface area contributed by atoms with Crippen molar-refractivity contribution >= 4 is 17.6 Å². The van der Waals surface area contributed by atoms with Gasteiger partial charge in [-0.15, -0.1) is 0 Å². The number of nitrogens with zero attached hydrogens (tertiary/aromatic N) is 3. The van der Waals surface area contributed by atoms with Gasteiger partial charge in [0.1, 0.15) is 22.9 Å². The molecule has 2 heterocycles. The number of halogens is 1. The van der Waals surface area contributed by atoms with Crippen molar-refractivity contribution in [2.75, 3.05) is 11.4 Å². The molecule has 0 radical (unpaired) electrons. The Balaban J connectivity index is 1.42. The minimum Gasteiger partial charge on any atom is -0.491 e. The van der Waals surface area contributed by atoms with Gasteiger partial charge >= 0.3 is 6.03 Å². The van der Waals surface area contributed by atoms with Crippen LogP contribution < -0.4 is 15.0 Å². The van der Waals surface area contributed by atoms with Crippen LogP contribution in [-0.4, -0.2) is 47.0 Å². The summed E-state index contributed by atoms with van der Waals surface area (Å²) in [4.78, 5) is 22.8. The van der Waals surface area contributed by atoms with Gasteiger partial charge in [0.15, 0.2) is 0 Å². The maximum absolute atomic E-state index is 14.3. The Bertz CT molecular complexity index is 1150. The van der Waals surface area contributed by atoms with Crippen molar-refractivity contribution in [3.05, 3.63) is 59.9 Å². The molecule has 37 heavy (non-hydrogen) atoms. The van der Waals surface area contributed by atoms with Crippen LogP contribution in [0, 0.1) is 5.82 Å². The molecule has 198 valence electrons. The van der Waals surface area contributed by atoms with E-state index < -0.39 is 5.54 Å². The van der Waals surface area contributed by atoms with Gasteiger partial charge in [0.2, 0.25) is 0 Å². The van der Waals surface area contributed by atoms with E-state index in [1.165, 1.54) is 37.0 Å². The van der Waals surface area contributed by atoms with E-state index in [1.54, 1.807) is 11.0 Å². The largest absolute Gasteiger partial charge is 0.491 e. The Morgan fingerprint density at radius 3 is 2.65 bits per heavy atom. The molecular weight excluding hydrogens is 467 g/mol. The van der Waals surface area contributed by atoms with Crippen molar-refractivity contribution in [2.45, 2.75) is 96.0 Å². The van der Waals surface area contributed by atoms with Crippen LogP contribution in [0.1, 0.15) is 71.3 Å². The fourth-order valence-corrected chi connectivity index (χ4v) is 6.24. The average molecular weight is 507 g/mol. The molecule has 1 saturated carbocycles. The average Bonchev–Trinajstić information content (AvgIpc) is 3.11. The van der Waals surface area contributed by atoms with Gasteiger partial charge in [-0.2, -0.15) is 0 Å². The number of likely N-dealkylation sites (tertiary alicyclic amines) is 1. The SMILES string of the molecule is CC(C)Oc1cccc(CN2CC[C@@]3(C[C@@H]2C)C(=NC2CCCCC2)NC(=O)N3c2cccc(F)c2)c1. The fourth-order valence-electron chi connectivity index (χ4n) is 6.24. The Morgan fingerprint density at radius 1 is 1.14 bits per heavy atom. The van der Waals surface area contributed by atoms with E-state index in [-0.39, 0.29) is 30.0 Å². The second-order valence-electron chi connectivity index (χ2n) is 11.1. The number of carbonyl (C=O) groups excluding carboxylic acids is 1. The summed E-state index contributed by atoms with van der Waals surface area (Å²) in [6, 6.07) is 14.9. The Labute approximate surface area is 219 Å². The molecule has 1 N–H and O–H groups in total. The highest BCUT2D eigenvalue weighted by Crippen LogP contribution is 2.41. The summed E-state index contributed by atoms with van der Waals surface area (Å²) in [6.07, 6.45) is 7.34. The highest BCUT2D eigenvalue weighted by atomic mass is 19.1. The third kappa shape index (κ3) is 5.52. The normalized spacial score (nSPS) is 26.3. The smallest absolute Gasteiger partial charge is 0.328 e. The van der Waals surface area contributed by atoms with Crippen LogP contribution in [0.4, 0.5) is 14.9 Å². The van der Waals surface area contributed by atoms with Crippen molar-refractivity contribution in [1.82, 2.24) is 10.2 Å². The first-order chi connectivity index (χ1) is 17.8. The Kier molecular flexibility index (Phi) is 7.52. The summed E-state index contributed by atoms with van der Waals surface area (Å²) >= 11 is 0. The second-order valence-corrected chi connectivity index (χ2v) is 11.1. The third-order valence-electron chi connectivity index (χ3n) is 7.97. The lowest BCUT2D eigenvalue weighted by Gasteiger charge is -2.47. The van der Waals surface area contributed by atoms with Crippen LogP contribution in [0.5, 0.6) is 5.75 Å². The maximum Gasteiger partial charge on any atom is 0.328 e. The lowest BCUT2D eigenvalue weighted by Crippen LogP contribution is -2.59. The van der Waals surface area contributed by atoms with Gasteiger partial charge in [-0.25, -0.2) is 9.18 Å². The second kappa shape index (κ2) is 10.8. The highest BCUT2D eigenvalue weighted by Gasteiger charge is 2.54. The molecule has 0 aromatic heterocycles. The third-order valence-corrected chi connectivity index (χ3v) is 7.97. The van der Waals surface area contributed by atoms with Crippen LogP contribution >= 0.6 is 0 Å². The lowest BCUT2D eigenvalue weighted by atomic mass is 9.81. The number of rotatable bonds is 6. The number of ether oxygens (including phenoxy) is 1. The first-order valence-electron chi connectivity index (χ1n) is 13.8. The van der Waals surface area contributed by atoms with Gasteiger partial charge in [0, 0.05) is 24.8 Å². The van der Waals surface area contributed by atoms with Crippen molar-refractivity contribution in [3.63, 3.8) is 0 Å². The molecule has 2 saturated heterocycles. The molecule has 3 aliphatic rings. The van der Waals surface area contributed by atoms with E-state index in [4.69, 9.17) is 9.73 Å². The summed E-state index contributed by atoms with van der Waals surface area (Å²) in [6.45, 7) is 7.91. The quantitative estimate of drug-likeness (QED) is 0.500. The number of carbonyl (C=O) groups is 1. The first-order valence-corrected chi connectivity index (χ1v) is 13.8. The molecule has 2 atom stereocenters. The summed E-state index contributed by atoms with van der Waals surface area (Å²) in [5.41, 5.74) is 1.20. The van der Waals surface area contributed by atoms with E-state index in [0.717, 1.165) is 50.4 Å². The number of aliphatic imine (C=N–C) groups is 1. The Hall–Kier alpha value is -2.93. The molecule has 5 rings (SSSR count). The number of amides is 2. The molecule has 2 aliphatic heterocycles. The first kappa shape index (κ1) is 25.7. The Morgan fingerprint density at radius 2 is 1.92 bits per heavy atom. The van der Waals surface area contributed by atoms with Crippen molar-refractivity contribution in [1.29, 1.82) is 0 Å². The van der Waals surface area contributed by atoms with Gasteiger partial charge in [0.05, 0.1) is 12.1 Å². The fraction of sp³-hybridized carbons (Fsp3) is 0.533. The monoisotopic (exact) mass is 506 g/mol. The van der Waals surface area contributed by atoms with Crippen LogP contribution in [0.15, 0.2) is 53.5 Å². The van der Waals surface area contributed by atoms with Crippen molar-refractivity contribution < 1.29 is 13.9 Å². The van der Waals surface area contributed by atoms with Gasteiger partial charge in [0.25, 0.3) is 0 Å². The number of anilines is 1. The molecule has 6 nitrogen and oxygen atoms in total. The zero-order valence-corrected chi connectivity index (χ0v) is 22.3. The summed E-state index contributed by atoms with van der Waals surface area (Å²) in [5, 5.41) is 3.12. The van der Waals surface area contributed by atoms with Crippen molar-refractivity contribution in [3.8, 4) is 5.75 Å². The molecule has 7 heteroatoms. The summed E-state index contributed by atoms with van der Waals surface area (Å²) < 4.78 is 20.2. The van der Waals surface area contributed by atoms with Gasteiger partial charge in [-0.3, -0.25) is 20.1 Å². The van der Waals surface area contributed by atoms with E-state index in [1.807, 2.05) is 32.0 Å².